The Bertz CT molecular complexity index is 245. The first-order chi connectivity index (χ1) is 5.72. The van der Waals surface area contributed by atoms with Crippen molar-refractivity contribution in [2.45, 2.75) is 31.4 Å². The van der Waals surface area contributed by atoms with Crippen LogP contribution >= 0.6 is 0 Å². The molecule has 1 aliphatic carbocycles. The molecule has 0 saturated heterocycles. The largest absolute Gasteiger partial charge is 0.453 e. The lowest BCUT2D eigenvalue weighted by Crippen LogP contribution is -2.38. The van der Waals surface area contributed by atoms with E-state index >= 15 is 0 Å². The monoisotopic (exact) mass is 199 g/mol. The second-order valence-corrected chi connectivity index (χ2v) is 3.27. The summed E-state index contributed by atoms with van der Waals surface area (Å²) >= 11 is 0. The quantitative estimate of drug-likeness (QED) is 0.627. The summed E-state index contributed by atoms with van der Waals surface area (Å²) in [6, 6.07) is 1.50. The number of nitriles is 1. The molecule has 0 aromatic carbocycles. The molecule has 0 aromatic rings. The van der Waals surface area contributed by atoms with Crippen LogP contribution in [0.3, 0.4) is 0 Å². The van der Waals surface area contributed by atoms with Crippen molar-refractivity contribution in [1.82, 2.24) is 0 Å². The molecule has 0 bridgehead atoms. The maximum atomic E-state index is 12.4. The minimum absolute atomic E-state index is 0.134. The van der Waals surface area contributed by atoms with Crippen LogP contribution in [-0.2, 0) is 0 Å². The predicted molar refractivity (Wildman–Crippen MR) is 32.9 cm³/mol. The fourth-order valence-electron chi connectivity index (χ4n) is 1.00. The van der Waals surface area contributed by atoms with Crippen LogP contribution in [0.25, 0.3) is 0 Å². The summed E-state index contributed by atoms with van der Waals surface area (Å²) in [5, 5.41) is 8.33. The van der Waals surface area contributed by atoms with Gasteiger partial charge in [0.25, 0.3) is 0 Å². The van der Waals surface area contributed by atoms with Crippen molar-refractivity contribution in [3.8, 4) is 6.07 Å². The van der Waals surface area contributed by atoms with Gasteiger partial charge in [0.05, 0.1) is 11.5 Å². The molecule has 74 valence electrons. The summed E-state index contributed by atoms with van der Waals surface area (Å²) in [7, 11) is 0. The maximum absolute atomic E-state index is 12.4. The van der Waals surface area contributed by atoms with Crippen molar-refractivity contribution < 1.29 is 22.0 Å². The van der Waals surface area contributed by atoms with E-state index in [-0.39, 0.29) is 12.8 Å². The van der Waals surface area contributed by atoms with Gasteiger partial charge >= 0.3 is 12.1 Å². The highest BCUT2D eigenvalue weighted by Crippen LogP contribution is 2.55. The van der Waals surface area contributed by atoms with Gasteiger partial charge in [0, 0.05) is 6.42 Å². The third kappa shape index (κ3) is 1.90. The molecule has 0 unspecified atom stereocenters. The predicted octanol–water partition coefficient (Wildman–Crippen LogP) is 2.88. The first-order valence-electron chi connectivity index (χ1n) is 3.58. The molecular weight excluding hydrogens is 193 g/mol. The Kier molecular flexibility index (Phi) is 2.02. The lowest BCUT2D eigenvalue weighted by molar-refractivity contribution is -0.287. The van der Waals surface area contributed by atoms with E-state index in [0.29, 0.717) is 0 Å². The Hall–Kier alpha value is -0.860. The molecule has 0 spiro atoms. The highest BCUT2D eigenvalue weighted by Gasteiger charge is 2.63. The fourth-order valence-corrected chi connectivity index (χ4v) is 1.00. The highest BCUT2D eigenvalue weighted by molar-refractivity contribution is 5.12. The van der Waals surface area contributed by atoms with Gasteiger partial charge in [-0.1, -0.05) is 0 Å². The molecule has 1 nitrogen and oxygen atoms in total. The van der Waals surface area contributed by atoms with Gasteiger partial charge in [0.15, 0.2) is 0 Å². The molecule has 0 aliphatic heterocycles. The second kappa shape index (κ2) is 2.56. The summed E-state index contributed by atoms with van der Waals surface area (Å²) in [6.07, 6.45) is -6.68. The van der Waals surface area contributed by atoms with Crippen LogP contribution in [0.2, 0.25) is 0 Å². The first kappa shape index (κ1) is 10.2. The van der Waals surface area contributed by atoms with Crippen molar-refractivity contribution in [3.05, 3.63) is 0 Å². The molecule has 1 fully saturated rings. The van der Waals surface area contributed by atoms with Gasteiger partial charge in [0.2, 0.25) is 0 Å². The molecule has 0 N–H and O–H groups in total. The lowest BCUT2D eigenvalue weighted by atomic mass is 9.99. The average molecular weight is 199 g/mol. The van der Waals surface area contributed by atoms with Gasteiger partial charge in [-0.3, -0.25) is 0 Å². The second-order valence-electron chi connectivity index (χ2n) is 3.27. The van der Waals surface area contributed by atoms with Gasteiger partial charge in [-0.15, -0.1) is 0 Å². The fraction of sp³-hybridized carbons (Fsp3) is 0.857. The van der Waals surface area contributed by atoms with Crippen LogP contribution < -0.4 is 0 Å². The van der Waals surface area contributed by atoms with Gasteiger partial charge in [0.1, 0.15) is 0 Å². The van der Waals surface area contributed by atoms with Gasteiger partial charge < -0.3 is 0 Å². The number of hydrogen-bond donors (Lipinski definition) is 0. The zero-order valence-corrected chi connectivity index (χ0v) is 6.46. The Labute approximate surface area is 71.1 Å². The summed E-state index contributed by atoms with van der Waals surface area (Å²) in [4.78, 5) is 0. The van der Waals surface area contributed by atoms with Crippen LogP contribution in [0.4, 0.5) is 22.0 Å². The van der Waals surface area contributed by atoms with Crippen molar-refractivity contribution in [1.29, 1.82) is 5.26 Å². The van der Waals surface area contributed by atoms with E-state index in [4.69, 9.17) is 5.26 Å². The SMILES string of the molecule is N#CC1(CC(F)(F)C(F)(F)F)CC1. The Morgan fingerprint density at radius 2 is 1.62 bits per heavy atom. The molecule has 1 saturated carbocycles. The number of alkyl halides is 5. The van der Waals surface area contributed by atoms with Crippen LogP contribution in [0.1, 0.15) is 19.3 Å². The smallest absolute Gasteiger partial charge is 0.198 e. The van der Waals surface area contributed by atoms with Crippen molar-refractivity contribution >= 4 is 0 Å². The zero-order valence-electron chi connectivity index (χ0n) is 6.46. The topological polar surface area (TPSA) is 23.8 Å². The van der Waals surface area contributed by atoms with Crippen molar-refractivity contribution in [3.63, 3.8) is 0 Å². The number of halogens is 5. The zero-order chi connectivity index (χ0) is 10.3. The third-order valence-corrected chi connectivity index (χ3v) is 2.07. The van der Waals surface area contributed by atoms with E-state index in [1.54, 1.807) is 0 Å². The van der Waals surface area contributed by atoms with E-state index in [1.165, 1.54) is 6.07 Å². The van der Waals surface area contributed by atoms with Gasteiger partial charge in [-0.05, 0) is 12.8 Å². The average Bonchev–Trinajstić information content (AvgIpc) is 2.66. The molecule has 0 aromatic heterocycles. The van der Waals surface area contributed by atoms with Gasteiger partial charge in [-0.25, -0.2) is 0 Å². The van der Waals surface area contributed by atoms with Crippen LogP contribution in [0, 0.1) is 16.7 Å². The molecule has 0 heterocycles. The summed E-state index contributed by atoms with van der Waals surface area (Å²) in [6.45, 7) is 0. The van der Waals surface area contributed by atoms with Crippen molar-refractivity contribution in [2.75, 3.05) is 0 Å². The van der Waals surface area contributed by atoms with Crippen LogP contribution in [0.5, 0.6) is 0 Å². The van der Waals surface area contributed by atoms with E-state index in [2.05, 4.69) is 0 Å². The molecule has 0 atom stereocenters. The molecule has 6 heteroatoms. The lowest BCUT2D eigenvalue weighted by Gasteiger charge is -2.21. The van der Waals surface area contributed by atoms with Crippen molar-refractivity contribution in [2.24, 2.45) is 5.41 Å². The third-order valence-electron chi connectivity index (χ3n) is 2.07. The Morgan fingerprint density at radius 1 is 1.15 bits per heavy atom. The van der Waals surface area contributed by atoms with E-state index in [9.17, 15) is 22.0 Å². The molecule has 0 amide bonds. The molecular formula is C7H6F5N. The molecule has 1 rings (SSSR count). The summed E-state index contributed by atoms with van der Waals surface area (Å²) in [5.41, 5.74) is -1.43. The van der Waals surface area contributed by atoms with E-state index in [0.717, 1.165) is 0 Å². The molecule has 13 heavy (non-hydrogen) atoms. The standard InChI is InChI=1S/C7H6F5N/c8-6(9,7(10,11)12)3-5(4-13)1-2-5/h1-3H2. The molecule has 1 aliphatic rings. The summed E-state index contributed by atoms with van der Waals surface area (Å²) in [5.74, 6) is -4.74. The Balaban J connectivity index is 2.69. The number of hydrogen-bond acceptors (Lipinski definition) is 1. The number of nitrogens with zero attached hydrogens (tertiary/aromatic N) is 1. The van der Waals surface area contributed by atoms with Crippen LogP contribution in [0.15, 0.2) is 0 Å². The minimum atomic E-state index is -5.54. The summed E-state index contributed by atoms with van der Waals surface area (Å²) < 4.78 is 59.8. The minimum Gasteiger partial charge on any atom is -0.198 e. The normalized spacial score (nSPS) is 20.9. The number of rotatable bonds is 2. The maximum Gasteiger partial charge on any atom is 0.453 e. The highest BCUT2D eigenvalue weighted by atomic mass is 19.4. The Morgan fingerprint density at radius 3 is 1.85 bits per heavy atom. The van der Waals surface area contributed by atoms with E-state index < -0.39 is 23.9 Å². The van der Waals surface area contributed by atoms with E-state index in [1.807, 2.05) is 0 Å². The van der Waals surface area contributed by atoms with Crippen LogP contribution in [-0.4, -0.2) is 12.1 Å². The first-order valence-corrected chi connectivity index (χ1v) is 3.58. The molecule has 0 radical (unpaired) electrons. The van der Waals surface area contributed by atoms with Gasteiger partial charge in [-0.2, -0.15) is 27.2 Å².